The van der Waals surface area contributed by atoms with Crippen LogP contribution in [0.15, 0.2) is 0 Å². The van der Waals surface area contributed by atoms with Gasteiger partial charge in [0.1, 0.15) is 8.35 Å². The van der Waals surface area contributed by atoms with Crippen LogP contribution in [-0.4, -0.2) is 22.4 Å². The Balaban J connectivity index is 1.97. The first kappa shape index (κ1) is 4.68. The zero-order valence-corrected chi connectivity index (χ0v) is 5.82. The van der Waals surface area contributed by atoms with Crippen LogP contribution >= 0.6 is 11.1 Å². The summed E-state index contributed by atoms with van der Waals surface area (Å²) in [5.74, 6) is 0. The molecular weight excluding hydrogens is 108 g/mol. The van der Waals surface area contributed by atoms with Gasteiger partial charge in [0.05, 0.1) is 0 Å². The van der Waals surface area contributed by atoms with Crippen molar-refractivity contribution in [2.24, 2.45) is 0 Å². The van der Waals surface area contributed by atoms with E-state index in [0.29, 0.717) is 0 Å². The highest BCUT2D eigenvalue weighted by atomic mass is 35.6. The molecule has 0 unspecified atom stereocenters. The molecule has 0 atom stereocenters. The van der Waals surface area contributed by atoms with Crippen LogP contribution in [0.1, 0.15) is 0 Å². The number of hydrogen-bond acceptors (Lipinski definition) is 1. The minimum Gasteiger partial charge on any atom is -0.441 e. The molecule has 0 aliphatic heterocycles. The first-order chi connectivity index (χ1) is 1.91. The van der Waals surface area contributed by atoms with Gasteiger partial charge in [-0.15, -0.1) is 0 Å². The molecule has 0 saturated heterocycles. The molecule has 1 N–H and O–H groups in total. The van der Waals surface area contributed by atoms with Crippen molar-refractivity contribution in [2.45, 2.75) is 0 Å². The molecule has 4 heteroatoms. The highest BCUT2D eigenvalue weighted by Crippen LogP contribution is 1.54. The van der Waals surface area contributed by atoms with E-state index in [1.165, 1.54) is 0 Å². The molecule has 0 bridgehead atoms. The maximum Gasteiger partial charge on any atom is 0.156 e. The summed E-state index contributed by atoms with van der Waals surface area (Å²) in [5.41, 5.74) is 0. The quantitative estimate of drug-likeness (QED) is 0.317. The first-order valence-electron chi connectivity index (χ1n) is 1.08. The topological polar surface area (TPSA) is 20.2 Å². The highest BCUT2D eigenvalue weighted by Gasteiger charge is 1.66. The largest absolute Gasteiger partial charge is 0.441 e. The molecule has 1 nitrogen and oxygen atoms in total. The summed E-state index contributed by atoms with van der Waals surface area (Å²) in [6.45, 7) is 0. The Bertz CT molecular complexity index is 8.00. The van der Waals surface area contributed by atoms with Gasteiger partial charge in [0, 0.05) is 0 Å². The van der Waals surface area contributed by atoms with E-state index in [1.54, 1.807) is 0 Å². The fourth-order valence-electron chi connectivity index (χ4n) is 0. The Morgan fingerprint density at radius 1 is 1.75 bits per heavy atom. The first-order valence-corrected chi connectivity index (χ1v) is 7.85. The number of rotatable bonds is 1. The Morgan fingerprint density at radius 2 is 2.00 bits per heavy atom. The normalized spacial score (nSPS) is 13.5. The molecule has 0 rings (SSSR count). The van der Waals surface area contributed by atoms with E-state index in [9.17, 15) is 0 Å². The second kappa shape index (κ2) is 3.68. The molecule has 0 aromatic rings. The Hall–Kier alpha value is 0.684. The monoisotopic (exact) mass is 112 g/mol. The van der Waals surface area contributed by atoms with Crippen molar-refractivity contribution in [3.05, 3.63) is 0 Å². The molecule has 0 aromatic carbocycles. The van der Waals surface area contributed by atoms with Gasteiger partial charge in [-0.3, -0.25) is 0 Å². The third kappa shape index (κ3) is 2.68. The van der Waals surface area contributed by atoms with Gasteiger partial charge in [0.2, 0.25) is 0 Å². The minimum atomic E-state index is -0.671. The standard InChI is InChI=1S/ClH5OSi2/c1-3-4-2/h2H,3-4H2. The average Bonchev–Trinajstić information content (AvgIpc) is 1.37. The van der Waals surface area contributed by atoms with Gasteiger partial charge in [-0.05, 0) is 0 Å². The third-order valence-corrected chi connectivity index (χ3v) is 2.28. The molecule has 26 valence electrons. The van der Waals surface area contributed by atoms with Gasteiger partial charge in [-0.2, -0.15) is 11.1 Å². The van der Waals surface area contributed by atoms with Crippen molar-refractivity contribution < 1.29 is 4.80 Å². The minimum absolute atomic E-state index is 0.409. The van der Waals surface area contributed by atoms with E-state index in [-0.39, 0.29) is 0 Å². The van der Waals surface area contributed by atoms with Crippen LogP contribution in [0, 0.1) is 0 Å². The van der Waals surface area contributed by atoms with E-state index < -0.39 is 17.6 Å². The van der Waals surface area contributed by atoms with E-state index in [4.69, 9.17) is 15.9 Å². The maximum atomic E-state index is 7.94. The van der Waals surface area contributed by atoms with Gasteiger partial charge in [0.15, 0.2) is 9.28 Å². The molecule has 0 amide bonds. The Kier molecular flexibility index (Phi) is 4.31. The van der Waals surface area contributed by atoms with Crippen molar-refractivity contribution in [2.75, 3.05) is 0 Å². The molecule has 0 saturated carbocycles. The fraction of sp³-hybridized carbons (Fsp3) is 0. The maximum absolute atomic E-state index is 7.94. The zero-order valence-electron chi connectivity index (χ0n) is 2.24. The van der Waals surface area contributed by atoms with Crippen LogP contribution < -0.4 is 0 Å². The summed E-state index contributed by atoms with van der Waals surface area (Å²) in [5, 5.41) is 0. The lowest BCUT2D eigenvalue weighted by Crippen LogP contribution is -1.89. The second-order valence-electron chi connectivity index (χ2n) is 0.413. The zero-order chi connectivity index (χ0) is 3.41. The fourth-order valence-corrected chi connectivity index (χ4v) is 0. The molecule has 0 aliphatic rings. The van der Waals surface area contributed by atoms with Crippen molar-refractivity contribution >= 4 is 28.7 Å². The smallest absolute Gasteiger partial charge is 0.156 e. The molecule has 0 spiro atoms. The summed E-state index contributed by atoms with van der Waals surface area (Å²) in [7, 11) is -1.08. The lowest BCUT2D eigenvalue weighted by molar-refractivity contribution is 0.621. The highest BCUT2D eigenvalue weighted by molar-refractivity contribution is 7.23. The van der Waals surface area contributed by atoms with Crippen LogP contribution in [0.5, 0.6) is 0 Å². The van der Waals surface area contributed by atoms with Crippen molar-refractivity contribution in [1.29, 1.82) is 0 Å². The molecule has 0 heterocycles. The molecule has 0 aromatic heterocycles. The number of halogens is 1. The van der Waals surface area contributed by atoms with Crippen LogP contribution in [0.4, 0.5) is 0 Å². The molecule has 4 heavy (non-hydrogen) atoms. The number of hydrogen-bond donors (Lipinski definition) is 1. The Morgan fingerprint density at radius 3 is 2.00 bits per heavy atom. The third-order valence-electron chi connectivity index (χ3n) is 0.0845. The van der Waals surface area contributed by atoms with E-state index in [1.807, 2.05) is 0 Å². The Labute approximate surface area is 34.2 Å². The predicted octanol–water partition coefficient (Wildman–Crippen LogP) is -1.70. The summed E-state index contributed by atoms with van der Waals surface area (Å²) in [6, 6.07) is 0. The second-order valence-corrected chi connectivity index (χ2v) is 7.11. The predicted molar refractivity (Wildman–Crippen MR) is 25.2 cm³/mol. The van der Waals surface area contributed by atoms with Crippen molar-refractivity contribution in [3.8, 4) is 0 Å². The van der Waals surface area contributed by atoms with Gasteiger partial charge >= 0.3 is 0 Å². The van der Waals surface area contributed by atoms with Gasteiger partial charge in [-0.25, -0.2) is 0 Å². The lowest BCUT2D eigenvalue weighted by atomic mass is 15.9. The van der Waals surface area contributed by atoms with Crippen LogP contribution in [0.2, 0.25) is 0 Å². The molecule has 0 radical (unpaired) electrons. The van der Waals surface area contributed by atoms with E-state index in [0.717, 1.165) is 0 Å². The van der Waals surface area contributed by atoms with Gasteiger partial charge in [0.25, 0.3) is 0 Å². The lowest BCUT2D eigenvalue weighted by Gasteiger charge is -1.62. The van der Waals surface area contributed by atoms with Gasteiger partial charge in [-0.1, -0.05) is 0 Å². The van der Waals surface area contributed by atoms with Crippen LogP contribution in [-0.2, 0) is 0 Å². The van der Waals surface area contributed by atoms with E-state index in [2.05, 4.69) is 0 Å². The summed E-state index contributed by atoms with van der Waals surface area (Å²) in [4.78, 5) is 7.94. The average molecular weight is 113 g/mol. The van der Waals surface area contributed by atoms with Gasteiger partial charge < -0.3 is 4.80 Å². The summed E-state index contributed by atoms with van der Waals surface area (Å²) >= 11 is 5.14. The van der Waals surface area contributed by atoms with Crippen LogP contribution in [0.25, 0.3) is 0 Å². The SMILES string of the molecule is O[SiH2][SiH2]Cl. The van der Waals surface area contributed by atoms with E-state index >= 15 is 0 Å². The molecular formula is H5ClOSi2. The summed E-state index contributed by atoms with van der Waals surface area (Å²) in [6.07, 6.45) is 0. The molecule has 0 aliphatic carbocycles. The summed E-state index contributed by atoms with van der Waals surface area (Å²) < 4.78 is 0. The van der Waals surface area contributed by atoms with Crippen molar-refractivity contribution in [3.63, 3.8) is 0 Å². The van der Waals surface area contributed by atoms with Crippen molar-refractivity contribution in [1.82, 2.24) is 0 Å². The molecule has 0 fully saturated rings. The van der Waals surface area contributed by atoms with Crippen LogP contribution in [0.3, 0.4) is 0 Å².